The van der Waals surface area contributed by atoms with Crippen LogP contribution in [0.5, 0.6) is 5.75 Å². The predicted octanol–water partition coefficient (Wildman–Crippen LogP) is 2.74. The van der Waals surface area contributed by atoms with Crippen molar-refractivity contribution in [2.75, 3.05) is 37.7 Å². The van der Waals surface area contributed by atoms with Gasteiger partial charge in [-0.25, -0.2) is 0 Å². The van der Waals surface area contributed by atoms with Gasteiger partial charge in [0.2, 0.25) is 5.91 Å². The number of aliphatic hydroxyl groups is 1. The Morgan fingerprint density at radius 1 is 1.25 bits per heavy atom. The second-order valence-electron chi connectivity index (χ2n) is 9.83. The van der Waals surface area contributed by atoms with Gasteiger partial charge in [0.25, 0.3) is 0 Å². The lowest BCUT2D eigenvalue weighted by atomic mass is 9.87. The van der Waals surface area contributed by atoms with Gasteiger partial charge in [-0.05, 0) is 55.7 Å². The average Bonchev–Trinajstić information content (AvgIpc) is 3.42. The summed E-state index contributed by atoms with van der Waals surface area (Å²) >= 11 is 0. The van der Waals surface area contributed by atoms with Crippen LogP contribution in [-0.4, -0.2) is 64.8 Å². The molecule has 2 aromatic rings. The third-order valence-corrected chi connectivity index (χ3v) is 6.80. The Morgan fingerprint density at radius 2 is 2.06 bits per heavy atom. The molecule has 0 spiro atoms. The van der Waals surface area contributed by atoms with E-state index in [0.29, 0.717) is 31.4 Å². The van der Waals surface area contributed by atoms with Crippen LogP contribution in [0.4, 0.5) is 6.01 Å². The number of aromatic nitrogens is 3. The van der Waals surface area contributed by atoms with Crippen LogP contribution in [0.25, 0.3) is 5.57 Å². The first-order chi connectivity index (χ1) is 17.4. The molecule has 1 unspecified atom stereocenters. The number of allylic oxidation sites excluding steroid dienone is 2. The van der Waals surface area contributed by atoms with Crippen LogP contribution < -0.4 is 15.0 Å². The van der Waals surface area contributed by atoms with Crippen molar-refractivity contribution >= 4 is 23.3 Å². The molecule has 1 amide bonds. The molecule has 1 aliphatic heterocycles. The highest BCUT2D eigenvalue weighted by Gasteiger charge is 2.25. The summed E-state index contributed by atoms with van der Waals surface area (Å²) in [6.07, 6.45) is 7.86. The first kappa shape index (κ1) is 25.8. The molecule has 10 heteroatoms. The fraction of sp³-hybridized carbons (Fsp3) is 0.577. The van der Waals surface area contributed by atoms with E-state index < -0.39 is 12.4 Å². The second kappa shape index (κ2) is 12.1. The van der Waals surface area contributed by atoms with Crippen LogP contribution in [0.3, 0.4) is 0 Å². The van der Waals surface area contributed by atoms with Gasteiger partial charge in [0.1, 0.15) is 12.4 Å². The van der Waals surface area contributed by atoms with Crippen LogP contribution in [0.2, 0.25) is 0 Å². The largest absolute Gasteiger partial charge is 0.492 e. The van der Waals surface area contributed by atoms with Crippen molar-refractivity contribution in [1.29, 1.82) is 0 Å². The Hall–Kier alpha value is -3.27. The standard InChI is InChI=1S/C26H35N5O5/c1-17(2)24-29-26(36-30-24)31-11-9-18(10-12-31)16-35-22-7-8-23(27-14-22)19-3-5-20(6-4-19)25(34)28-13-21(33)15-32/h3,7-8,14,17-18,20,32H,4-6,9-13,15-16H2,1-2H3,(H,28,34). The van der Waals surface area contributed by atoms with Crippen LogP contribution >= 0.6 is 0 Å². The molecular weight excluding hydrogens is 462 g/mol. The number of amides is 1. The van der Waals surface area contributed by atoms with E-state index >= 15 is 0 Å². The van der Waals surface area contributed by atoms with Gasteiger partial charge >= 0.3 is 6.01 Å². The SMILES string of the molecule is CC(C)c1noc(N2CCC(COc3ccc(C4=CCC(C(=O)NCC(=O)CO)CC4)nc3)CC2)n1. The van der Waals surface area contributed by atoms with Gasteiger partial charge in [-0.3, -0.25) is 14.6 Å². The summed E-state index contributed by atoms with van der Waals surface area (Å²) in [6, 6.07) is 4.52. The minimum absolute atomic E-state index is 0.123. The first-order valence-electron chi connectivity index (χ1n) is 12.7. The van der Waals surface area contributed by atoms with Gasteiger partial charge in [-0.1, -0.05) is 25.1 Å². The minimum Gasteiger partial charge on any atom is -0.492 e. The number of aliphatic hydroxyl groups excluding tert-OH is 1. The summed E-state index contributed by atoms with van der Waals surface area (Å²) < 4.78 is 11.4. The number of carbonyl (C=O) groups is 2. The Labute approximate surface area is 211 Å². The number of carbonyl (C=O) groups excluding carboxylic acids is 2. The Morgan fingerprint density at radius 3 is 2.67 bits per heavy atom. The van der Waals surface area contributed by atoms with Crippen molar-refractivity contribution in [2.24, 2.45) is 11.8 Å². The first-order valence-corrected chi connectivity index (χ1v) is 12.7. The molecule has 3 heterocycles. The third kappa shape index (κ3) is 6.69. The molecule has 0 aromatic carbocycles. The summed E-state index contributed by atoms with van der Waals surface area (Å²) in [5.74, 6) is 1.51. The lowest BCUT2D eigenvalue weighted by Crippen LogP contribution is -2.36. The normalized spacial score (nSPS) is 18.7. The van der Waals surface area contributed by atoms with E-state index in [1.807, 2.05) is 18.2 Å². The molecule has 2 N–H and O–H groups in total. The maximum Gasteiger partial charge on any atom is 0.324 e. The Kier molecular flexibility index (Phi) is 8.69. The molecule has 1 atom stereocenters. The molecule has 0 bridgehead atoms. The molecular formula is C26H35N5O5. The minimum atomic E-state index is -0.555. The highest BCUT2D eigenvalue weighted by atomic mass is 16.5. The summed E-state index contributed by atoms with van der Waals surface area (Å²) in [7, 11) is 0. The van der Waals surface area contributed by atoms with Gasteiger partial charge < -0.3 is 24.6 Å². The zero-order valence-corrected chi connectivity index (χ0v) is 21.0. The number of ether oxygens (including phenoxy) is 1. The Balaban J connectivity index is 1.20. The fourth-order valence-electron chi connectivity index (χ4n) is 4.44. The van der Waals surface area contributed by atoms with Crippen molar-refractivity contribution in [3.8, 4) is 5.75 Å². The molecule has 1 fully saturated rings. The van der Waals surface area contributed by atoms with Crippen molar-refractivity contribution in [2.45, 2.75) is 51.9 Å². The molecule has 2 aromatic heterocycles. The zero-order chi connectivity index (χ0) is 25.5. The number of anilines is 1. The number of hydrogen-bond acceptors (Lipinski definition) is 9. The van der Waals surface area contributed by atoms with Crippen LogP contribution in [0.15, 0.2) is 28.9 Å². The molecule has 194 valence electrons. The quantitative estimate of drug-likeness (QED) is 0.509. The lowest BCUT2D eigenvalue weighted by Gasteiger charge is -2.30. The van der Waals surface area contributed by atoms with Crippen LogP contribution in [0.1, 0.15) is 63.4 Å². The maximum atomic E-state index is 12.2. The van der Waals surface area contributed by atoms with E-state index in [9.17, 15) is 9.59 Å². The van der Waals surface area contributed by atoms with Gasteiger partial charge in [0.05, 0.1) is 25.0 Å². The topological polar surface area (TPSA) is 131 Å². The molecule has 1 saturated heterocycles. The van der Waals surface area contributed by atoms with Crippen molar-refractivity contribution < 1.29 is 24.0 Å². The summed E-state index contributed by atoms with van der Waals surface area (Å²) in [6.45, 7) is 5.81. The molecule has 4 rings (SSSR count). The van der Waals surface area contributed by atoms with Crippen LogP contribution in [0, 0.1) is 11.8 Å². The van der Waals surface area contributed by atoms with Gasteiger partial charge in [0.15, 0.2) is 11.6 Å². The molecule has 0 saturated carbocycles. The van der Waals surface area contributed by atoms with Crippen LogP contribution in [-0.2, 0) is 9.59 Å². The number of piperidine rings is 1. The number of nitrogens with zero attached hydrogens (tertiary/aromatic N) is 4. The van der Waals surface area contributed by atoms with E-state index in [2.05, 4.69) is 39.2 Å². The lowest BCUT2D eigenvalue weighted by molar-refractivity contribution is -0.128. The van der Waals surface area contributed by atoms with Crippen molar-refractivity contribution in [3.05, 3.63) is 35.9 Å². The number of Topliss-reactive ketones (excluding diaryl/α,β-unsaturated/α-hetero) is 1. The molecule has 2 aliphatic rings. The number of rotatable bonds is 10. The molecule has 0 radical (unpaired) electrons. The number of hydrogen-bond donors (Lipinski definition) is 2. The van der Waals surface area contributed by atoms with E-state index in [-0.39, 0.29) is 24.3 Å². The van der Waals surface area contributed by atoms with E-state index in [1.54, 1.807) is 6.20 Å². The van der Waals surface area contributed by atoms with E-state index in [4.69, 9.17) is 14.4 Å². The van der Waals surface area contributed by atoms with Crippen molar-refractivity contribution in [3.63, 3.8) is 0 Å². The van der Waals surface area contributed by atoms with Gasteiger partial charge in [0, 0.05) is 24.9 Å². The average molecular weight is 498 g/mol. The summed E-state index contributed by atoms with van der Waals surface area (Å²) in [4.78, 5) is 34.6. The molecule has 1 aliphatic carbocycles. The van der Waals surface area contributed by atoms with Gasteiger partial charge in [-0.2, -0.15) is 4.98 Å². The van der Waals surface area contributed by atoms with E-state index in [1.165, 1.54) is 0 Å². The number of ketones is 1. The fourth-order valence-corrected chi connectivity index (χ4v) is 4.44. The second-order valence-corrected chi connectivity index (χ2v) is 9.83. The van der Waals surface area contributed by atoms with Crippen molar-refractivity contribution in [1.82, 2.24) is 20.4 Å². The van der Waals surface area contributed by atoms with E-state index in [0.717, 1.165) is 55.2 Å². The maximum absolute atomic E-state index is 12.2. The highest BCUT2D eigenvalue weighted by molar-refractivity contribution is 5.88. The highest BCUT2D eigenvalue weighted by Crippen LogP contribution is 2.30. The predicted molar refractivity (Wildman–Crippen MR) is 133 cm³/mol. The molecule has 36 heavy (non-hydrogen) atoms. The Bertz CT molecular complexity index is 1060. The number of pyridine rings is 1. The zero-order valence-electron chi connectivity index (χ0n) is 21.0. The third-order valence-electron chi connectivity index (χ3n) is 6.80. The molecule has 10 nitrogen and oxygen atoms in total. The summed E-state index contributed by atoms with van der Waals surface area (Å²) in [5, 5.41) is 15.4. The van der Waals surface area contributed by atoms with Gasteiger partial charge in [-0.15, -0.1) is 0 Å². The number of nitrogens with one attached hydrogen (secondary N) is 1. The smallest absolute Gasteiger partial charge is 0.324 e. The monoisotopic (exact) mass is 497 g/mol. The summed E-state index contributed by atoms with van der Waals surface area (Å²) in [5.41, 5.74) is 2.01.